The summed E-state index contributed by atoms with van der Waals surface area (Å²) in [7, 11) is 0. The summed E-state index contributed by atoms with van der Waals surface area (Å²) < 4.78 is 0. The Morgan fingerprint density at radius 3 is 2.46 bits per heavy atom. The smallest absolute Gasteiger partial charge is 0.253 e. The van der Waals surface area contributed by atoms with E-state index in [9.17, 15) is 0 Å². The molecule has 134 valence electrons. The van der Waals surface area contributed by atoms with Gasteiger partial charge in [0.05, 0.1) is 0 Å². The van der Waals surface area contributed by atoms with Crippen LogP contribution in [-0.2, 0) is 13.0 Å². The standard InChI is InChI=1S/C17H18ClN7O/c18-13-5-3-4-12(10-13)11-21-16-22-15(23-17(24-16)25-26)20-9-7-14-6-1-2-8-19-14/h1-6,8,10,26H,7,9,11H2,(H3,20,21,22,23,24,25). The Balaban J connectivity index is 1.62. The van der Waals surface area contributed by atoms with Crippen molar-refractivity contribution >= 4 is 29.4 Å². The number of benzene rings is 1. The number of aromatic nitrogens is 4. The van der Waals surface area contributed by atoms with E-state index in [1.807, 2.05) is 47.9 Å². The molecule has 9 heteroatoms. The summed E-state index contributed by atoms with van der Waals surface area (Å²) in [6.45, 7) is 1.09. The molecule has 0 saturated carbocycles. The van der Waals surface area contributed by atoms with Crippen LogP contribution in [0.25, 0.3) is 0 Å². The van der Waals surface area contributed by atoms with Gasteiger partial charge in [-0.25, -0.2) is 5.48 Å². The van der Waals surface area contributed by atoms with Gasteiger partial charge in [0.2, 0.25) is 11.9 Å². The molecule has 1 aromatic carbocycles. The topological polar surface area (TPSA) is 108 Å². The number of hydrogen-bond donors (Lipinski definition) is 4. The van der Waals surface area contributed by atoms with Crippen LogP contribution in [0.5, 0.6) is 0 Å². The van der Waals surface area contributed by atoms with E-state index in [1.165, 1.54) is 0 Å². The van der Waals surface area contributed by atoms with Gasteiger partial charge in [0, 0.05) is 36.4 Å². The Kier molecular flexibility index (Phi) is 6.13. The monoisotopic (exact) mass is 371 g/mol. The van der Waals surface area contributed by atoms with Gasteiger partial charge in [-0.2, -0.15) is 15.0 Å². The first-order valence-corrected chi connectivity index (χ1v) is 8.39. The predicted molar refractivity (Wildman–Crippen MR) is 100 cm³/mol. The number of rotatable bonds is 8. The molecule has 8 nitrogen and oxygen atoms in total. The number of hydrogen-bond acceptors (Lipinski definition) is 8. The van der Waals surface area contributed by atoms with Gasteiger partial charge in [-0.15, -0.1) is 0 Å². The van der Waals surface area contributed by atoms with E-state index >= 15 is 0 Å². The third-order valence-electron chi connectivity index (χ3n) is 3.47. The lowest BCUT2D eigenvalue weighted by Gasteiger charge is -2.10. The summed E-state index contributed by atoms with van der Waals surface area (Å²) in [5, 5.41) is 16.0. The van der Waals surface area contributed by atoms with Crippen molar-refractivity contribution in [2.75, 3.05) is 22.7 Å². The normalized spacial score (nSPS) is 10.4. The molecule has 0 atom stereocenters. The number of nitrogens with zero attached hydrogens (tertiary/aromatic N) is 4. The molecule has 3 aromatic rings. The molecule has 4 N–H and O–H groups in total. The molecule has 0 saturated heterocycles. The van der Waals surface area contributed by atoms with Crippen molar-refractivity contribution in [2.24, 2.45) is 0 Å². The second-order valence-electron chi connectivity index (χ2n) is 5.40. The fraction of sp³-hybridized carbons (Fsp3) is 0.176. The van der Waals surface area contributed by atoms with Crippen molar-refractivity contribution < 1.29 is 5.21 Å². The molecule has 2 heterocycles. The highest BCUT2D eigenvalue weighted by atomic mass is 35.5. The van der Waals surface area contributed by atoms with Crippen LogP contribution in [0, 0.1) is 0 Å². The SMILES string of the molecule is ONc1nc(NCCc2ccccn2)nc(NCc2cccc(Cl)c2)n1. The Hall–Kier alpha value is -2.97. The summed E-state index contributed by atoms with van der Waals surface area (Å²) in [5.74, 6) is 0.729. The second-order valence-corrected chi connectivity index (χ2v) is 5.84. The van der Waals surface area contributed by atoms with Crippen LogP contribution in [-0.4, -0.2) is 31.7 Å². The molecular weight excluding hydrogens is 354 g/mol. The summed E-state index contributed by atoms with van der Waals surface area (Å²) in [4.78, 5) is 16.7. The average Bonchev–Trinajstić information content (AvgIpc) is 2.67. The fourth-order valence-electron chi connectivity index (χ4n) is 2.26. The maximum Gasteiger partial charge on any atom is 0.253 e. The molecule has 0 aliphatic heterocycles. The predicted octanol–water partition coefficient (Wildman–Crippen LogP) is 2.99. The molecule has 3 rings (SSSR count). The zero-order chi connectivity index (χ0) is 18.2. The van der Waals surface area contributed by atoms with E-state index in [4.69, 9.17) is 16.8 Å². The quantitative estimate of drug-likeness (QED) is 0.447. The van der Waals surface area contributed by atoms with Gasteiger partial charge in [-0.05, 0) is 29.8 Å². The molecule has 0 aliphatic rings. The van der Waals surface area contributed by atoms with Crippen LogP contribution in [0.1, 0.15) is 11.3 Å². The van der Waals surface area contributed by atoms with Crippen LogP contribution < -0.4 is 16.1 Å². The van der Waals surface area contributed by atoms with Crippen molar-refractivity contribution in [1.82, 2.24) is 19.9 Å². The summed E-state index contributed by atoms with van der Waals surface area (Å²) in [6.07, 6.45) is 2.48. The van der Waals surface area contributed by atoms with Gasteiger partial charge < -0.3 is 10.6 Å². The zero-order valence-corrected chi connectivity index (χ0v) is 14.6. The van der Waals surface area contributed by atoms with E-state index in [0.29, 0.717) is 30.0 Å². The third-order valence-corrected chi connectivity index (χ3v) is 3.70. The van der Waals surface area contributed by atoms with Crippen LogP contribution in [0.2, 0.25) is 5.02 Å². The summed E-state index contributed by atoms with van der Waals surface area (Å²) in [6, 6.07) is 13.2. The zero-order valence-electron chi connectivity index (χ0n) is 13.9. The first kappa shape index (κ1) is 17.8. The number of anilines is 3. The summed E-state index contributed by atoms with van der Waals surface area (Å²) in [5.41, 5.74) is 3.90. The van der Waals surface area contributed by atoms with Crippen molar-refractivity contribution in [3.8, 4) is 0 Å². The van der Waals surface area contributed by atoms with E-state index < -0.39 is 0 Å². The van der Waals surface area contributed by atoms with E-state index in [2.05, 4.69) is 30.6 Å². The Morgan fingerprint density at radius 2 is 1.73 bits per heavy atom. The lowest BCUT2D eigenvalue weighted by Crippen LogP contribution is -2.13. The van der Waals surface area contributed by atoms with E-state index in [-0.39, 0.29) is 5.95 Å². The highest BCUT2D eigenvalue weighted by molar-refractivity contribution is 6.30. The molecule has 0 unspecified atom stereocenters. The molecule has 0 radical (unpaired) electrons. The summed E-state index contributed by atoms with van der Waals surface area (Å²) >= 11 is 5.98. The number of pyridine rings is 1. The first-order chi connectivity index (χ1) is 12.7. The highest BCUT2D eigenvalue weighted by Gasteiger charge is 2.06. The van der Waals surface area contributed by atoms with Crippen LogP contribution in [0.3, 0.4) is 0 Å². The average molecular weight is 372 g/mol. The van der Waals surface area contributed by atoms with Crippen LogP contribution >= 0.6 is 11.6 Å². The molecule has 26 heavy (non-hydrogen) atoms. The first-order valence-electron chi connectivity index (χ1n) is 8.01. The molecular formula is C17H18ClN7O. The lowest BCUT2D eigenvalue weighted by atomic mass is 10.2. The van der Waals surface area contributed by atoms with Gasteiger partial charge in [-0.3, -0.25) is 10.2 Å². The van der Waals surface area contributed by atoms with Gasteiger partial charge in [0.15, 0.2) is 0 Å². The number of nitrogens with one attached hydrogen (secondary N) is 3. The fourth-order valence-corrected chi connectivity index (χ4v) is 2.47. The maximum atomic E-state index is 9.13. The Morgan fingerprint density at radius 1 is 0.923 bits per heavy atom. The van der Waals surface area contributed by atoms with Crippen LogP contribution in [0.15, 0.2) is 48.7 Å². The molecule has 2 aromatic heterocycles. The maximum absolute atomic E-state index is 9.13. The van der Waals surface area contributed by atoms with Crippen molar-refractivity contribution in [3.05, 3.63) is 64.9 Å². The van der Waals surface area contributed by atoms with Gasteiger partial charge >= 0.3 is 0 Å². The van der Waals surface area contributed by atoms with Crippen molar-refractivity contribution in [1.29, 1.82) is 0 Å². The van der Waals surface area contributed by atoms with Crippen molar-refractivity contribution in [3.63, 3.8) is 0 Å². The minimum atomic E-state index is 0.0499. The minimum absolute atomic E-state index is 0.0499. The third kappa shape index (κ3) is 5.27. The second kappa shape index (κ2) is 8.93. The highest BCUT2D eigenvalue weighted by Crippen LogP contribution is 2.13. The molecule has 0 spiro atoms. The lowest BCUT2D eigenvalue weighted by molar-refractivity contribution is 0.382. The van der Waals surface area contributed by atoms with E-state index in [1.54, 1.807) is 6.20 Å². The number of halogens is 1. The van der Waals surface area contributed by atoms with Gasteiger partial charge in [0.1, 0.15) is 0 Å². The molecule has 0 bridgehead atoms. The van der Waals surface area contributed by atoms with Gasteiger partial charge in [0.25, 0.3) is 5.95 Å². The molecule has 0 aliphatic carbocycles. The van der Waals surface area contributed by atoms with Crippen LogP contribution in [0.4, 0.5) is 17.8 Å². The minimum Gasteiger partial charge on any atom is -0.354 e. The molecule has 0 amide bonds. The van der Waals surface area contributed by atoms with E-state index in [0.717, 1.165) is 17.7 Å². The Bertz CT molecular complexity index is 848. The molecule has 0 fully saturated rings. The van der Waals surface area contributed by atoms with Gasteiger partial charge in [-0.1, -0.05) is 29.8 Å². The Labute approximate surface area is 155 Å². The largest absolute Gasteiger partial charge is 0.354 e. The van der Waals surface area contributed by atoms with Crippen molar-refractivity contribution in [2.45, 2.75) is 13.0 Å².